The third-order valence-corrected chi connectivity index (χ3v) is 4.13. The first-order valence-electron chi connectivity index (χ1n) is 7.27. The summed E-state index contributed by atoms with van der Waals surface area (Å²) in [5.74, 6) is 7.22. The second-order valence-electron chi connectivity index (χ2n) is 4.76. The lowest BCUT2D eigenvalue weighted by atomic mass is 10.2. The number of thiophene rings is 1. The van der Waals surface area contributed by atoms with E-state index in [1.165, 1.54) is 0 Å². The van der Waals surface area contributed by atoms with Crippen molar-refractivity contribution in [3.8, 4) is 39.5 Å². The van der Waals surface area contributed by atoms with Crippen LogP contribution in [0.15, 0.2) is 41.9 Å². The van der Waals surface area contributed by atoms with E-state index in [4.69, 9.17) is 9.84 Å². The molecule has 0 saturated carbocycles. The molecule has 3 aromatic rings. The summed E-state index contributed by atoms with van der Waals surface area (Å²) in [6.07, 6.45) is 1.82. The van der Waals surface area contributed by atoms with Gasteiger partial charge in [0.05, 0.1) is 23.4 Å². The minimum Gasteiger partial charge on any atom is -0.494 e. The Balaban J connectivity index is 1.81. The molecule has 0 fully saturated rings. The number of ether oxygens (including phenoxy) is 1. The Morgan fingerprint density at radius 1 is 1.30 bits per heavy atom. The third-order valence-electron chi connectivity index (χ3n) is 3.20. The smallest absolute Gasteiger partial charge is 0.147 e. The Bertz CT molecular complexity index is 838. The maximum absolute atomic E-state index is 8.74. The van der Waals surface area contributed by atoms with Crippen LogP contribution in [-0.4, -0.2) is 28.3 Å². The predicted octanol–water partition coefficient (Wildman–Crippen LogP) is 3.55. The molecule has 4 nitrogen and oxygen atoms in total. The Morgan fingerprint density at radius 3 is 2.87 bits per heavy atom. The maximum Gasteiger partial charge on any atom is 0.147 e. The first-order valence-corrected chi connectivity index (χ1v) is 8.15. The number of imidazole rings is 1. The topological polar surface area (TPSA) is 58.1 Å². The highest BCUT2D eigenvalue weighted by Crippen LogP contribution is 2.27. The molecule has 2 N–H and O–H groups in total. The number of rotatable bonds is 4. The average Bonchev–Trinajstić information content (AvgIpc) is 3.23. The van der Waals surface area contributed by atoms with Crippen molar-refractivity contribution in [2.45, 2.75) is 6.92 Å². The second kappa shape index (κ2) is 7.14. The van der Waals surface area contributed by atoms with Crippen molar-refractivity contribution in [1.82, 2.24) is 9.97 Å². The molecule has 0 spiro atoms. The lowest BCUT2D eigenvalue weighted by molar-refractivity contribution is 0.340. The summed E-state index contributed by atoms with van der Waals surface area (Å²) in [5.41, 5.74) is 2.90. The van der Waals surface area contributed by atoms with Gasteiger partial charge >= 0.3 is 0 Å². The third kappa shape index (κ3) is 3.62. The molecular formula is C18H16N2O2S. The number of hydrogen-bond acceptors (Lipinski definition) is 4. The van der Waals surface area contributed by atoms with Gasteiger partial charge in [0.2, 0.25) is 0 Å². The molecule has 0 aliphatic carbocycles. The summed E-state index contributed by atoms with van der Waals surface area (Å²) < 4.78 is 5.45. The normalized spacial score (nSPS) is 10.2. The predicted molar refractivity (Wildman–Crippen MR) is 92.5 cm³/mol. The minimum absolute atomic E-state index is 0.131. The molecule has 116 valence electrons. The molecule has 0 saturated heterocycles. The van der Waals surface area contributed by atoms with Crippen molar-refractivity contribution < 1.29 is 9.84 Å². The van der Waals surface area contributed by atoms with E-state index in [0.717, 1.165) is 33.3 Å². The van der Waals surface area contributed by atoms with Gasteiger partial charge in [0, 0.05) is 10.9 Å². The Morgan fingerprint density at radius 2 is 2.13 bits per heavy atom. The molecule has 23 heavy (non-hydrogen) atoms. The Labute approximate surface area is 138 Å². The molecule has 1 aromatic carbocycles. The van der Waals surface area contributed by atoms with Gasteiger partial charge in [-0.25, -0.2) is 4.98 Å². The van der Waals surface area contributed by atoms with E-state index in [2.05, 4.69) is 21.8 Å². The fourth-order valence-corrected chi connectivity index (χ4v) is 2.95. The number of nitrogens with one attached hydrogen (secondary N) is 1. The van der Waals surface area contributed by atoms with Crippen LogP contribution < -0.4 is 4.74 Å². The van der Waals surface area contributed by atoms with Crippen LogP contribution in [0.1, 0.15) is 12.5 Å². The molecule has 2 aromatic heterocycles. The van der Waals surface area contributed by atoms with Crippen LogP contribution in [0.5, 0.6) is 5.75 Å². The molecule has 0 unspecified atom stereocenters. The minimum atomic E-state index is -0.131. The highest BCUT2D eigenvalue weighted by Gasteiger charge is 2.08. The summed E-state index contributed by atoms with van der Waals surface area (Å²) in [5, 5.41) is 10.7. The van der Waals surface area contributed by atoms with E-state index in [9.17, 15) is 0 Å². The SMILES string of the molecule is CCOc1ccc(-c2cnc(-c3cc(C#CCO)cs3)[nH]2)cc1. The summed E-state index contributed by atoms with van der Waals surface area (Å²) in [6, 6.07) is 9.89. The van der Waals surface area contributed by atoms with Gasteiger partial charge in [0.1, 0.15) is 18.2 Å². The molecule has 0 atom stereocenters. The van der Waals surface area contributed by atoms with E-state index >= 15 is 0 Å². The molecule has 0 aliphatic rings. The molecule has 5 heteroatoms. The van der Waals surface area contributed by atoms with Gasteiger partial charge in [-0.2, -0.15) is 0 Å². The van der Waals surface area contributed by atoms with Gasteiger partial charge in [-0.3, -0.25) is 0 Å². The van der Waals surface area contributed by atoms with Crippen LogP contribution in [0.25, 0.3) is 22.0 Å². The largest absolute Gasteiger partial charge is 0.494 e. The van der Waals surface area contributed by atoms with Gasteiger partial charge < -0.3 is 14.8 Å². The van der Waals surface area contributed by atoms with Crippen molar-refractivity contribution >= 4 is 11.3 Å². The highest BCUT2D eigenvalue weighted by molar-refractivity contribution is 7.13. The number of hydrogen-bond donors (Lipinski definition) is 2. The number of H-pyrrole nitrogens is 1. The highest BCUT2D eigenvalue weighted by atomic mass is 32.1. The van der Waals surface area contributed by atoms with Gasteiger partial charge in [0.15, 0.2) is 0 Å². The van der Waals surface area contributed by atoms with Crippen molar-refractivity contribution in [3.63, 3.8) is 0 Å². The van der Waals surface area contributed by atoms with Crippen molar-refractivity contribution in [2.75, 3.05) is 13.2 Å². The molecular weight excluding hydrogens is 308 g/mol. The standard InChI is InChI=1S/C18H16N2O2S/c1-2-22-15-7-5-14(6-8-15)16-11-19-18(20-16)17-10-13(12-23-17)4-3-9-21/h5-8,10-12,21H,2,9H2,1H3,(H,19,20). The van der Waals surface area contributed by atoms with Crippen LogP contribution in [0.2, 0.25) is 0 Å². The first kappa shape index (κ1) is 15.3. The Kier molecular flexibility index (Phi) is 4.77. The number of aliphatic hydroxyl groups is 1. The summed E-state index contributed by atoms with van der Waals surface area (Å²) in [4.78, 5) is 8.79. The van der Waals surface area contributed by atoms with Crippen LogP contribution in [0.4, 0.5) is 0 Å². The lowest BCUT2D eigenvalue weighted by Gasteiger charge is -2.03. The fraction of sp³-hybridized carbons (Fsp3) is 0.167. The van der Waals surface area contributed by atoms with Crippen LogP contribution in [0, 0.1) is 11.8 Å². The number of aromatic amines is 1. The van der Waals surface area contributed by atoms with Crippen LogP contribution in [0.3, 0.4) is 0 Å². The molecule has 0 aliphatic heterocycles. The summed E-state index contributed by atoms with van der Waals surface area (Å²) in [7, 11) is 0. The first-order chi connectivity index (χ1) is 11.3. The number of aliphatic hydroxyl groups excluding tert-OH is 1. The quantitative estimate of drug-likeness (QED) is 0.722. The van der Waals surface area contributed by atoms with E-state index in [1.54, 1.807) is 11.3 Å². The zero-order chi connectivity index (χ0) is 16.1. The van der Waals surface area contributed by atoms with E-state index in [-0.39, 0.29) is 6.61 Å². The van der Waals surface area contributed by atoms with E-state index in [0.29, 0.717) is 6.61 Å². The van der Waals surface area contributed by atoms with Gasteiger partial charge in [0.25, 0.3) is 0 Å². The lowest BCUT2D eigenvalue weighted by Crippen LogP contribution is -1.90. The maximum atomic E-state index is 8.74. The molecule has 0 amide bonds. The average molecular weight is 324 g/mol. The summed E-state index contributed by atoms with van der Waals surface area (Å²) >= 11 is 1.57. The van der Waals surface area contributed by atoms with Gasteiger partial charge in [-0.05, 0) is 42.8 Å². The van der Waals surface area contributed by atoms with Gasteiger partial charge in [-0.1, -0.05) is 11.8 Å². The van der Waals surface area contributed by atoms with Gasteiger partial charge in [-0.15, -0.1) is 11.3 Å². The molecule has 0 radical (unpaired) electrons. The molecule has 2 heterocycles. The van der Waals surface area contributed by atoms with E-state index < -0.39 is 0 Å². The number of aromatic nitrogens is 2. The zero-order valence-electron chi connectivity index (χ0n) is 12.7. The van der Waals surface area contributed by atoms with Crippen molar-refractivity contribution in [2.24, 2.45) is 0 Å². The zero-order valence-corrected chi connectivity index (χ0v) is 13.5. The fourth-order valence-electron chi connectivity index (χ4n) is 2.16. The second-order valence-corrected chi connectivity index (χ2v) is 5.67. The molecule has 0 bridgehead atoms. The summed E-state index contributed by atoms with van der Waals surface area (Å²) in [6.45, 7) is 2.50. The monoisotopic (exact) mass is 324 g/mol. The van der Waals surface area contributed by atoms with Crippen molar-refractivity contribution in [3.05, 3.63) is 47.5 Å². The number of benzene rings is 1. The van der Waals surface area contributed by atoms with Crippen LogP contribution in [-0.2, 0) is 0 Å². The van der Waals surface area contributed by atoms with E-state index in [1.807, 2.05) is 48.8 Å². The van der Waals surface area contributed by atoms with Crippen LogP contribution >= 0.6 is 11.3 Å². The number of nitrogens with zero attached hydrogens (tertiary/aromatic N) is 1. The van der Waals surface area contributed by atoms with Crippen molar-refractivity contribution in [1.29, 1.82) is 0 Å². The Hall–Kier alpha value is -2.55. The molecule has 3 rings (SSSR count).